The SMILES string of the molecule is O=C(c1cccc(C(F)(F)F)n1)N1CCCC2(CC1)CN(c1ccc(F)cc1)C(=O)CO2. The molecule has 3 heterocycles. The number of amides is 2. The number of rotatable bonds is 2. The van der Waals surface area contributed by atoms with E-state index < -0.39 is 29.2 Å². The van der Waals surface area contributed by atoms with Crippen molar-refractivity contribution in [3.05, 3.63) is 59.7 Å². The molecule has 1 spiro atoms. The molecule has 4 rings (SSSR count). The number of carbonyl (C=O) groups is 2. The van der Waals surface area contributed by atoms with Gasteiger partial charge in [-0.3, -0.25) is 9.59 Å². The highest BCUT2D eigenvalue weighted by Gasteiger charge is 2.42. The van der Waals surface area contributed by atoms with Crippen molar-refractivity contribution >= 4 is 17.5 Å². The van der Waals surface area contributed by atoms with Gasteiger partial charge in [-0.15, -0.1) is 0 Å². The predicted octanol–water partition coefficient (Wildman–Crippen LogP) is 3.67. The smallest absolute Gasteiger partial charge is 0.363 e. The molecule has 2 aromatic rings. The van der Waals surface area contributed by atoms with Gasteiger partial charge in [0.2, 0.25) is 0 Å². The summed E-state index contributed by atoms with van der Waals surface area (Å²) in [5, 5.41) is 0. The molecule has 1 aromatic carbocycles. The lowest BCUT2D eigenvalue weighted by atomic mass is 9.92. The highest BCUT2D eigenvalue weighted by atomic mass is 19.4. The molecule has 2 amide bonds. The Balaban J connectivity index is 1.48. The molecule has 1 atom stereocenters. The third-order valence-electron chi connectivity index (χ3n) is 5.83. The Hall–Kier alpha value is -3.01. The third kappa shape index (κ3) is 4.59. The first kappa shape index (κ1) is 22.2. The largest absolute Gasteiger partial charge is 0.433 e. The molecule has 170 valence electrons. The molecule has 10 heteroatoms. The van der Waals surface area contributed by atoms with E-state index in [1.165, 1.54) is 41.3 Å². The number of halogens is 4. The minimum absolute atomic E-state index is 0.138. The van der Waals surface area contributed by atoms with Gasteiger partial charge in [0.1, 0.15) is 23.8 Å². The minimum Gasteiger partial charge on any atom is -0.363 e. The summed E-state index contributed by atoms with van der Waals surface area (Å²) in [5.41, 5.74) is -1.51. The summed E-state index contributed by atoms with van der Waals surface area (Å²) in [6.45, 7) is 0.705. The van der Waals surface area contributed by atoms with E-state index >= 15 is 0 Å². The summed E-state index contributed by atoms with van der Waals surface area (Å²) in [5.74, 6) is -1.22. The highest BCUT2D eigenvalue weighted by molar-refractivity contribution is 5.95. The lowest BCUT2D eigenvalue weighted by Crippen LogP contribution is -2.55. The number of pyridine rings is 1. The average Bonchev–Trinajstić information content (AvgIpc) is 2.98. The van der Waals surface area contributed by atoms with Crippen molar-refractivity contribution < 1.29 is 31.9 Å². The van der Waals surface area contributed by atoms with Crippen molar-refractivity contribution in [2.24, 2.45) is 0 Å². The van der Waals surface area contributed by atoms with E-state index in [0.29, 0.717) is 31.5 Å². The van der Waals surface area contributed by atoms with Crippen molar-refractivity contribution in [1.29, 1.82) is 0 Å². The van der Waals surface area contributed by atoms with E-state index in [0.717, 1.165) is 6.07 Å². The normalized spacial score (nSPS) is 22.2. The number of aromatic nitrogens is 1. The van der Waals surface area contributed by atoms with Crippen LogP contribution in [0.4, 0.5) is 23.2 Å². The average molecular weight is 451 g/mol. The zero-order valence-electron chi connectivity index (χ0n) is 17.1. The zero-order valence-corrected chi connectivity index (χ0v) is 17.1. The van der Waals surface area contributed by atoms with Crippen LogP contribution >= 0.6 is 0 Å². The maximum atomic E-state index is 13.3. The lowest BCUT2D eigenvalue weighted by Gasteiger charge is -2.42. The van der Waals surface area contributed by atoms with Crippen molar-refractivity contribution in [1.82, 2.24) is 9.88 Å². The van der Waals surface area contributed by atoms with Gasteiger partial charge in [-0.25, -0.2) is 9.37 Å². The Morgan fingerprint density at radius 3 is 2.53 bits per heavy atom. The monoisotopic (exact) mass is 451 g/mol. The maximum absolute atomic E-state index is 13.3. The van der Waals surface area contributed by atoms with Gasteiger partial charge in [-0.1, -0.05) is 6.07 Å². The standard InChI is InChI=1S/C22H21F4N3O3/c23-15-5-7-16(8-6-15)29-14-21(32-13-19(29)30)9-2-11-28(12-10-21)20(31)17-3-1-4-18(27-17)22(24,25)26/h1,3-8H,2,9-14H2. The molecule has 2 fully saturated rings. The van der Waals surface area contributed by atoms with Gasteiger partial charge in [0.05, 0.1) is 12.1 Å². The Morgan fingerprint density at radius 2 is 1.81 bits per heavy atom. The van der Waals surface area contributed by atoms with Crippen LogP contribution in [0.1, 0.15) is 35.4 Å². The number of carbonyl (C=O) groups excluding carboxylic acids is 2. The number of alkyl halides is 3. The molecular weight excluding hydrogens is 430 g/mol. The second-order valence-corrected chi connectivity index (χ2v) is 7.98. The Morgan fingerprint density at radius 1 is 1.06 bits per heavy atom. The maximum Gasteiger partial charge on any atom is 0.433 e. The van der Waals surface area contributed by atoms with Crippen molar-refractivity contribution in [2.75, 3.05) is 31.1 Å². The minimum atomic E-state index is -4.63. The van der Waals surface area contributed by atoms with Crippen LogP contribution in [0.5, 0.6) is 0 Å². The number of ether oxygens (including phenoxy) is 1. The number of hydrogen-bond donors (Lipinski definition) is 0. The number of hydrogen-bond acceptors (Lipinski definition) is 4. The molecule has 1 aromatic heterocycles. The number of nitrogens with zero attached hydrogens (tertiary/aromatic N) is 3. The van der Waals surface area contributed by atoms with Crippen molar-refractivity contribution in [3.63, 3.8) is 0 Å². The van der Waals surface area contributed by atoms with Crippen molar-refractivity contribution in [2.45, 2.75) is 31.0 Å². The molecular formula is C22H21F4N3O3. The number of morpholine rings is 1. The predicted molar refractivity (Wildman–Crippen MR) is 106 cm³/mol. The summed E-state index contributed by atoms with van der Waals surface area (Å²) in [4.78, 5) is 31.7. The van der Waals surface area contributed by atoms with Crippen LogP contribution in [0, 0.1) is 5.82 Å². The number of benzene rings is 1. The van der Waals surface area contributed by atoms with E-state index in [2.05, 4.69) is 4.98 Å². The first-order valence-corrected chi connectivity index (χ1v) is 10.2. The highest BCUT2D eigenvalue weighted by Crippen LogP contribution is 2.33. The summed E-state index contributed by atoms with van der Waals surface area (Å²) >= 11 is 0. The van der Waals surface area contributed by atoms with Crippen LogP contribution in [0.25, 0.3) is 0 Å². The molecule has 6 nitrogen and oxygen atoms in total. The molecule has 2 aliphatic heterocycles. The Kier molecular flexibility index (Phi) is 5.89. The molecule has 2 saturated heterocycles. The summed E-state index contributed by atoms with van der Waals surface area (Å²) in [6.07, 6.45) is -3.11. The number of likely N-dealkylation sites (tertiary alicyclic amines) is 1. The van der Waals surface area contributed by atoms with Crippen LogP contribution < -0.4 is 4.90 Å². The molecule has 0 N–H and O–H groups in total. The lowest BCUT2D eigenvalue weighted by molar-refractivity contribution is -0.141. The van der Waals surface area contributed by atoms with Crippen LogP contribution in [-0.2, 0) is 15.7 Å². The summed E-state index contributed by atoms with van der Waals surface area (Å²) in [7, 11) is 0. The van der Waals surface area contributed by atoms with Crippen LogP contribution in [-0.4, -0.2) is 53.5 Å². The first-order valence-electron chi connectivity index (χ1n) is 10.2. The summed E-state index contributed by atoms with van der Waals surface area (Å²) < 4.78 is 58.0. The fourth-order valence-corrected chi connectivity index (χ4v) is 4.12. The van der Waals surface area contributed by atoms with E-state index in [1.54, 1.807) is 4.90 Å². The topological polar surface area (TPSA) is 62.7 Å². The van der Waals surface area contributed by atoms with E-state index in [9.17, 15) is 27.2 Å². The molecule has 0 bridgehead atoms. The van der Waals surface area contributed by atoms with Crippen molar-refractivity contribution in [3.8, 4) is 0 Å². The quantitative estimate of drug-likeness (QED) is 0.654. The zero-order chi connectivity index (χ0) is 22.9. The fraction of sp³-hybridized carbons (Fsp3) is 0.409. The van der Waals surface area contributed by atoms with Gasteiger partial charge in [0.15, 0.2) is 0 Å². The van der Waals surface area contributed by atoms with Gasteiger partial charge in [-0.05, 0) is 55.7 Å². The number of anilines is 1. The van der Waals surface area contributed by atoms with Gasteiger partial charge in [-0.2, -0.15) is 13.2 Å². The Bertz CT molecular complexity index is 1010. The van der Waals surface area contributed by atoms with Gasteiger partial charge < -0.3 is 14.5 Å². The van der Waals surface area contributed by atoms with Crippen LogP contribution in [0.3, 0.4) is 0 Å². The second-order valence-electron chi connectivity index (χ2n) is 7.98. The van der Waals surface area contributed by atoms with E-state index in [-0.39, 0.29) is 31.3 Å². The van der Waals surface area contributed by atoms with Crippen LogP contribution in [0.15, 0.2) is 42.5 Å². The first-order chi connectivity index (χ1) is 15.2. The fourth-order valence-electron chi connectivity index (χ4n) is 4.12. The molecule has 1 unspecified atom stereocenters. The molecule has 0 aliphatic carbocycles. The van der Waals surface area contributed by atoms with Crippen LogP contribution in [0.2, 0.25) is 0 Å². The third-order valence-corrected chi connectivity index (χ3v) is 5.83. The van der Waals surface area contributed by atoms with E-state index in [1.807, 2.05) is 0 Å². The molecule has 32 heavy (non-hydrogen) atoms. The molecule has 0 radical (unpaired) electrons. The van der Waals surface area contributed by atoms with E-state index in [4.69, 9.17) is 4.74 Å². The van der Waals surface area contributed by atoms with Gasteiger partial charge >= 0.3 is 6.18 Å². The molecule has 0 saturated carbocycles. The second kappa shape index (κ2) is 8.50. The van der Waals surface area contributed by atoms with Gasteiger partial charge in [0.25, 0.3) is 11.8 Å². The molecule has 2 aliphatic rings. The van der Waals surface area contributed by atoms with Gasteiger partial charge in [0, 0.05) is 18.8 Å². The summed E-state index contributed by atoms with van der Waals surface area (Å²) in [6, 6.07) is 8.87. The Labute approximate surface area is 181 Å².